The van der Waals surface area contributed by atoms with Gasteiger partial charge in [-0.05, 0) is 133 Å². The molecule has 8 rings (SSSR count). The van der Waals surface area contributed by atoms with Gasteiger partial charge in [0.1, 0.15) is 49.3 Å². The van der Waals surface area contributed by atoms with Crippen molar-refractivity contribution in [2.24, 2.45) is 0 Å². The Morgan fingerprint density at radius 3 is 1.21 bits per heavy atom. The maximum Gasteiger partial charge on any atom is 0.151 e. The number of rotatable bonds is 9. The van der Waals surface area contributed by atoms with Crippen molar-refractivity contribution in [2.75, 3.05) is 7.11 Å². The highest BCUT2D eigenvalue weighted by molar-refractivity contribution is 14.1. The second-order valence-corrected chi connectivity index (χ2v) is 17.5. The van der Waals surface area contributed by atoms with Crippen LogP contribution in [0, 0.1) is 23.2 Å². The van der Waals surface area contributed by atoms with Gasteiger partial charge in [0.25, 0.3) is 0 Å². The zero-order valence-electron chi connectivity index (χ0n) is 39.7. The van der Waals surface area contributed by atoms with E-state index in [9.17, 15) is 38.0 Å². The van der Waals surface area contributed by atoms with Crippen LogP contribution in [0.1, 0.15) is 89.2 Å². The molecule has 0 amide bonds. The van der Waals surface area contributed by atoms with Crippen LogP contribution in [0.15, 0.2) is 199 Å². The molecule has 374 valence electrons. The Kier molecular flexibility index (Phi) is 34.8. The lowest BCUT2D eigenvalue weighted by Gasteiger charge is -1.96. The molecule has 73 heavy (non-hydrogen) atoms. The average Bonchev–Trinajstić information content (AvgIpc) is 3.43. The largest absolute Gasteiger partial charge is 0.497 e. The van der Waals surface area contributed by atoms with Crippen molar-refractivity contribution in [1.29, 1.82) is 0 Å². The fourth-order valence-corrected chi connectivity index (χ4v) is 5.91. The monoisotopic (exact) mass is 1210 g/mol. The van der Waals surface area contributed by atoms with Gasteiger partial charge in [0.2, 0.25) is 0 Å². The van der Waals surface area contributed by atoms with Crippen LogP contribution in [-0.4, -0.2) is 56.5 Å². The molecule has 0 spiro atoms. The summed E-state index contributed by atoms with van der Waals surface area (Å²) in [5.41, 5.74) is 8.06. The van der Waals surface area contributed by atoms with E-state index in [1.54, 1.807) is 110 Å². The third kappa shape index (κ3) is 30.5. The fourth-order valence-electron chi connectivity index (χ4n) is 4.75. The van der Waals surface area contributed by atoms with Crippen LogP contribution >= 0.6 is 73.9 Å². The minimum atomic E-state index is -0.319. The van der Waals surface area contributed by atoms with E-state index < -0.39 is 0 Å². The summed E-state index contributed by atoms with van der Waals surface area (Å²) < 4.78 is 19.1. The number of thiocarbonyl (C=S) groups is 1. The lowest BCUT2D eigenvalue weighted by Crippen LogP contribution is -1.82. The van der Waals surface area contributed by atoms with E-state index in [2.05, 4.69) is 57.6 Å². The van der Waals surface area contributed by atoms with E-state index in [1.165, 1.54) is 35.4 Å². The molecule has 0 unspecified atom stereocenters. The van der Waals surface area contributed by atoms with Crippen molar-refractivity contribution in [3.63, 3.8) is 0 Å². The second kappa shape index (κ2) is 39.6. The first-order chi connectivity index (χ1) is 35.2. The van der Waals surface area contributed by atoms with Crippen LogP contribution in [0.5, 0.6) is 5.75 Å². The highest BCUT2D eigenvalue weighted by Crippen LogP contribution is 2.13. The number of halogens is 5. The van der Waals surface area contributed by atoms with Gasteiger partial charge in [0.15, 0.2) is 6.29 Å². The van der Waals surface area contributed by atoms with Crippen LogP contribution in [-0.2, 0) is 0 Å². The minimum Gasteiger partial charge on any atom is -0.497 e. The summed E-state index contributed by atoms with van der Waals surface area (Å²) in [6.45, 7) is 4.06. The Morgan fingerprint density at radius 1 is 0.466 bits per heavy atom. The topological polar surface area (TPSA) is 129 Å². The minimum absolute atomic E-state index is 0.319. The molecule has 0 heterocycles. The van der Waals surface area contributed by atoms with Crippen LogP contribution < -0.4 is 4.74 Å². The molecule has 0 saturated heterocycles. The molecule has 0 bridgehead atoms. The van der Waals surface area contributed by atoms with Crippen LogP contribution in [0.25, 0.3) is 0 Å². The Labute approximate surface area is 462 Å². The number of hydrogen-bond donors (Lipinski definition) is 0. The van der Waals surface area contributed by atoms with Gasteiger partial charge in [-0.2, -0.15) is 0 Å². The van der Waals surface area contributed by atoms with Gasteiger partial charge < -0.3 is 4.74 Å². The Balaban J connectivity index is 0.000000417. The van der Waals surface area contributed by atoms with E-state index in [0.717, 1.165) is 68.2 Å². The van der Waals surface area contributed by atoms with E-state index in [0.29, 0.717) is 44.1 Å². The molecule has 14 heteroatoms. The molecular weight excluding hydrogens is 1170 g/mol. The number of carbonyl (C=O) groups is 7. The summed E-state index contributed by atoms with van der Waals surface area (Å²) in [5.74, 6) is 0.450. The fraction of sp³-hybridized carbons (Fsp3) is 0.0508. The third-order valence-corrected chi connectivity index (χ3v) is 10.8. The quantitative estimate of drug-likeness (QED) is 0.0788. The van der Waals surface area contributed by atoms with Gasteiger partial charge >= 0.3 is 0 Å². The average molecular weight is 1210 g/mol. The van der Waals surface area contributed by atoms with Crippen molar-refractivity contribution in [3.8, 4) is 5.75 Å². The van der Waals surface area contributed by atoms with E-state index >= 15 is 0 Å². The number of benzene rings is 8. The summed E-state index contributed by atoms with van der Waals surface area (Å²) in [4.78, 5) is 70.7. The maximum absolute atomic E-state index is 12.1. The van der Waals surface area contributed by atoms with Gasteiger partial charge in [-0.25, -0.2) is 4.39 Å². The number of hydrogen-bond acceptors (Lipinski definition) is 9. The molecule has 0 fully saturated rings. The number of carbonyl (C=O) groups excluding carboxylic acids is 7. The Morgan fingerprint density at radius 2 is 0.849 bits per heavy atom. The van der Waals surface area contributed by atoms with Gasteiger partial charge in [0, 0.05) is 57.4 Å². The molecule has 0 aromatic heterocycles. The van der Waals surface area contributed by atoms with Crippen LogP contribution in [0.4, 0.5) is 4.39 Å². The predicted molar refractivity (Wildman–Crippen MR) is 308 cm³/mol. The number of ether oxygens (including phenoxy) is 1. The van der Waals surface area contributed by atoms with Gasteiger partial charge in [-0.15, -0.1) is 0 Å². The molecule has 8 aromatic rings. The first kappa shape index (κ1) is 64.1. The molecule has 8 aromatic carbocycles. The molecule has 0 aliphatic rings. The Hall–Kier alpha value is -6.94. The van der Waals surface area contributed by atoms with Crippen molar-refractivity contribution < 1.29 is 42.7 Å². The number of methoxy groups -OCH3 is 1. The molecular formula is C59H49BrCl2FIO8S. The Bertz CT molecular complexity index is 2580. The summed E-state index contributed by atoms with van der Waals surface area (Å²) in [7, 11) is 1.59. The molecule has 0 aliphatic carbocycles. The second-order valence-electron chi connectivity index (χ2n) is 14.3. The molecule has 0 saturated carbocycles. The zero-order valence-corrected chi connectivity index (χ0v) is 45.7. The molecule has 0 atom stereocenters. The van der Waals surface area contributed by atoms with Gasteiger partial charge in [-0.1, -0.05) is 166 Å². The first-order valence-electron chi connectivity index (χ1n) is 21.3. The normalized spacial score (nSPS) is 8.99. The third-order valence-electron chi connectivity index (χ3n) is 8.71. The number of aryl methyl sites for hydroxylation is 2. The van der Waals surface area contributed by atoms with Crippen LogP contribution in [0.3, 0.4) is 0 Å². The maximum atomic E-state index is 12.1. The van der Waals surface area contributed by atoms with Gasteiger partial charge in [0.05, 0.1) is 12.1 Å². The van der Waals surface area contributed by atoms with Crippen molar-refractivity contribution in [1.82, 2.24) is 0 Å². The lowest BCUT2D eigenvalue weighted by atomic mass is 10.2. The molecule has 0 radical (unpaired) electrons. The summed E-state index contributed by atoms with van der Waals surface area (Å²) in [5, 5.41) is 2.78. The van der Waals surface area contributed by atoms with Crippen molar-refractivity contribution in [3.05, 3.63) is 274 Å². The number of aldehydes is 7. The lowest BCUT2D eigenvalue weighted by molar-refractivity contribution is 0.111. The van der Waals surface area contributed by atoms with Gasteiger partial charge in [-0.3, -0.25) is 33.6 Å². The van der Waals surface area contributed by atoms with Crippen LogP contribution in [0.2, 0.25) is 10.0 Å². The standard InChI is InChI=1S/C8H8O2.C8H8O.C8H8S.C7H5BrO.2C7H5ClO.C7H5FO.C7H5IO/c1-10-8-4-2-7(6-9)3-5-8;2*1-7-2-4-8(6-9)5-3-7;8-7-3-1-6(5-9)2-4-7;8-7-3-1-2-6(4-7)5-9;8-7-4-2-1-3-6(7)5-9;2*8-7-3-1-6(5-9)2-4-7/h2-6H,1H3;2*2-6H,1H3;5*1-5H. The first-order valence-corrected chi connectivity index (χ1v) is 24.4. The zero-order chi connectivity index (χ0) is 54.2. The smallest absolute Gasteiger partial charge is 0.151 e. The predicted octanol–water partition coefficient (Wildman–Crippen LogP) is 16.0. The SMILES string of the molecule is COc1ccc(C=O)cc1.Cc1ccc(C=O)cc1.Cc1ccc(C=S)cc1.O=Cc1ccc(Br)cc1.O=Cc1ccc(F)cc1.O=Cc1ccc(I)cc1.O=Cc1cccc(Cl)c1.O=Cc1ccccc1Cl. The summed E-state index contributed by atoms with van der Waals surface area (Å²) in [6, 6.07) is 56.2. The van der Waals surface area contributed by atoms with E-state index in [1.807, 2.05) is 67.6 Å². The molecule has 0 N–H and O–H groups in total. The molecule has 8 nitrogen and oxygen atoms in total. The summed E-state index contributed by atoms with van der Waals surface area (Å²) in [6.07, 6.45) is 5.51. The van der Waals surface area contributed by atoms with E-state index in [-0.39, 0.29) is 5.82 Å². The van der Waals surface area contributed by atoms with Crippen molar-refractivity contribution in [2.45, 2.75) is 13.8 Å². The molecule has 0 aliphatic heterocycles. The highest BCUT2D eigenvalue weighted by atomic mass is 127. The summed E-state index contributed by atoms with van der Waals surface area (Å²) >= 11 is 21.4. The van der Waals surface area contributed by atoms with E-state index in [4.69, 9.17) is 40.2 Å². The highest BCUT2D eigenvalue weighted by Gasteiger charge is 1.94. The van der Waals surface area contributed by atoms with Crippen molar-refractivity contribution >= 4 is 123 Å².